The summed E-state index contributed by atoms with van der Waals surface area (Å²) in [4.78, 5) is 32.5. The minimum atomic E-state index is -0.376. The Morgan fingerprint density at radius 1 is 0.935 bits per heavy atom. The lowest BCUT2D eigenvalue weighted by molar-refractivity contribution is -0.120. The predicted molar refractivity (Wildman–Crippen MR) is 121 cm³/mol. The first kappa shape index (κ1) is 21.1. The molecule has 2 heterocycles. The average molecular weight is 422 g/mol. The van der Waals surface area contributed by atoms with Gasteiger partial charge in [0.05, 0.1) is 11.3 Å². The average Bonchev–Trinajstić information content (AvgIpc) is 2.98. The molecule has 1 saturated heterocycles. The molecule has 2 aliphatic heterocycles. The highest BCUT2D eigenvalue weighted by atomic mass is 19.1. The molecule has 31 heavy (non-hydrogen) atoms. The number of halogens is 1. The van der Waals surface area contributed by atoms with Crippen molar-refractivity contribution in [2.75, 3.05) is 37.0 Å². The Morgan fingerprint density at radius 3 is 2.19 bits per heavy atom. The largest absolute Gasteiger partial charge is 0.378 e. The monoisotopic (exact) mass is 421 g/mol. The Hall–Kier alpha value is -3.15. The van der Waals surface area contributed by atoms with Crippen LogP contribution in [0.1, 0.15) is 25.8 Å². The Kier molecular flexibility index (Phi) is 5.56. The smallest absolute Gasteiger partial charge is 0.282 e. The van der Waals surface area contributed by atoms with Crippen molar-refractivity contribution in [1.29, 1.82) is 0 Å². The predicted octanol–water partition coefficient (Wildman–Crippen LogP) is 4.15. The lowest BCUT2D eigenvalue weighted by Crippen LogP contribution is -2.42. The van der Waals surface area contributed by atoms with Crippen molar-refractivity contribution in [3.05, 3.63) is 65.6 Å². The summed E-state index contributed by atoms with van der Waals surface area (Å²) < 4.78 is 13.6. The molecule has 0 bridgehead atoms. The van der Waals surface area contributed by atoms with Gasteiger partial charge in [-0.1, -0.05) is 32.0 Å². The summed E-state index contributed by atoms with van der Waals surface area (Å²) in [5.41, 5.74) is 2.77. The van der Waals surface area contributed by atoms with Crippen molar-refractivity contribution in [3.63, 3.8) is 0 Å². The normalized spacial score (nSPS) is 21.8. The summed E-state index contributed by atoms with van der Waals surface area (Å²) in [6, 6.07) is 13.2. The van der Waals surface area contributed by atoms with Crippen molar-refractivity contribution in [1.82, 2.24) is 4.90 Å². The topological polar surface area (TPSA) is 43.9 Å². The van der Waals surface area contributed by atoms with Crippen LogP contribution >= 0.6 is 0 Å². The highest BCUT2D eigenvalue weighted by molar-refractivity contribution is 6.45. The van der Waals surface area contributed by atoms with Gasteiger partial charge in [-0.2, -0.15) is 0 Å². The molecular formula is C25H28FN3O2. The van der Waals surface area contributed by atoms with Crippen molar-refractivity contribution in [3.8, 4) is 0 Å². The van der Waals surface area contributed by atoms with E-state index in [0.29, 0.717) is 34.4 Å². The molecule has 6 heteroatoms. The van der Waals surface area contributed by atoms with E-state index in [2.05, 4.69) is 13.8 Å². The highest BCUT2D eigenvalue weighted by Gasteiger charge is 2.43. The zero-order valence-corrected chi connectivity index (χ0v) is 18.4. The zero-order valence-electron chi connectivity index (χ0n) is 18.4. The van der Waals surface area contributed by atoms with Crippen LogP contribution in [0.25, 0.3) is 5.57 Å². The third-order valence-corrected chi connectivity index (χ3v) is 5.98. The van der Waals surface area contributed by atoms with Crippen LogP contribution in [0.4, 0.5) is 15.8 Å². The fourth-order valence-corrected chi connectivity index (χ4v) is 4.68. The van der Waals surface area contributed by atoms with Crippen molar-refractivity contribution < 1.29 is 14.0 Å². The number of carbonyl (C=O) groups excluding carboxylic acids is 2. The standard InChI is InChI=1S/C25H28FN3O2/c1-16-12-17(2)15-28(14-16)23-22(18-8-10-19(26)11-9-18)24(30)29(25(23)31)21-7-5-6-20(13-21)27(3)4/h5-11,13,16-17H,12,14-15H2,1-4H3. The number of imide groups is 1. The number of nitrogens with zero attached hydrogens (tertiary/aromatic N) is 3. The van der Waals surface area contributed by atoms with Gasteiger partial charge in [0.25, 0.3) is 11.8 Å². The van der Waals surface area contributed by atoms with Crippen LogP contribution < -0.4 is 9.80 Å². The minimum Gasteiger partial charge on any atom is -0.378 e. The number of hydrogen-bond donors (Lipinski definition) is 0. The maximum Gasteiger partial charge on any atom is 0.282 e. The Balaban J connectivity index is 1.82. The summed E-state index contributed by atoms with van der Waals surface area (Å²) in [6.07, 6.45) is 1.09. The van der Waals surface area contributed by atoms with Crippen LogP contribution in [-0.4, -0.2) is 43.9 Å². The molecule has 162 valence electrons. The van der Waals surface area contributed by atoms with E-state index >= 15 is 0 Å². The van der Waals surface area contributed by atoms with Gasteiger partial charge in [0.15, 0.2) is 0 Å². The number of anilines is 2. The maximum atomic E-state index is 13.7. The molecule has 2 aliphatic rings. The van der Waals surface area contributed by atoms with E-state index < -0.39 is 0 Å². The number of benzene rings is 2. The maximum absolute atomic E-state index is 13.7. The first-order valence-corrected chi connectivity index (χ1v) is 10.7. The Bertz CT molecular complexity index is 1030. The summed E-state index contributed by atoms with van der Waals surface area (Å²) in [7, 11) is 3.83. The van der Waals surface area contributed by atoms with Gasteiger partial charge in [-0.3, -0.25) is 9.59 Å². The van der Waals surface area contributed by atoms with Gasteiger partial charge in [-0.05, 0) is 54.2 Å². The molecule has 5 nitrogen and oxygen atoms in total. The molecule has 2 unspecified atom stereocenters. The van der Waals surface area contributed by atoms with E-state index in [1.165, 1.54) is 17.0 Å². The summed E-state index contributed by atoms with van der Waals surface area (Å²) in [5.74, 6) is -0.229. The molecule has 0 spiro atoms. The van der Waals surface area contributed by atoms with E-state index in [1.807, 2.05) is 42.1 Å². The molecule has 2 amide bonds. The number of piperidine rings is 1. The minimum absolute atomic E-state index is 0.318. The molecule has 0 aliphatic carbocycles. The first-order valence-electron chi connectivity index (χ1n) is 10.7. The lowest BCUT2D eigenvalue weighted by Gasteiger charge is -2.37. The Labute approximate surface area is 182 Å². The van der Waals surface area contributed by atoms with Gasteiger partial charge in [0, 0.05) is 32.9 Å². The van der Waals surface area contributed by atoms with Crippen LogP contribution in [0.5, 0.6) is 0 Å². The van der Waals surface area contributed by atoms with E-state index in [0.717, 1.165) is 25.2 Å². The van der Waals surface area contributed by atoms with Gasteiger partial charge in [0.1, 0.15) is 11.5 Å². The molecule has 4 rings (SSSR count). The molecule has 0 saturated carbocycles. The molecule has 2 atom stereocenters. The van der Waals surface area contributed by atoms with Gasteiger partial charge in [-0.25, -0.2) is 9.29 Å². The fourth-order valence-electron chi connectivity index (χ4n) is 4.68. The van der Waals surface area contributed by atoms with E-state index in [4.69, 9.17) is 0 Å². The van der Waals surface area contributed by atoms with Gasteiger partial charge < -0.3 is 9.80 Å². The number of rotatable bonds is 4. The SMILES string of the molecule is CC1CC(C)CN(C2=C(c3ccc(F)cc3)C(=O)N(c3cccc(N(C)C)c3)C2=O)C1. The number of carbonyl (C=O) groups is 2. The summed E-state index contributed by atoms with van der Waals surface area (Å²) in [5, 5.41) is 0. The molecule has 0 N–H and O–H groups in total. The number of amides is 2. The van der Waals surface area contributed by atoms with Crippen molar-refractivity contribution in [2.24, 2.45) is 11.8 Å². The molecule has 2 aromatic carbocycles. The van der Waals surface area contributed by atoms with Crippen LogP contribution in [0, 0.1) is 17.7 Å². The van der Waals surface area contributed by atoms with Crippen LogP contribution in [0.15, 0.2) is 54.2 Å². The quantitative estimate of drug-likeness (QED) is 0.696. The molecular weight excluding hydrogens is 393 g/mol. The molecule has 0 radical (unpaired) electrons. The summed E-state index contributed by atoms with van der Waals surface area (Å²) >= 11 is 0. The number of hydrogen-bond acceptors (Lipinski definition) is 4. The summed E-state index contributed by atoms with van der Waals surface area (Å²) in [6.45, 7) is 5.77. The molecule has 1 fully saturated rings. The number of likely N-dealkylation sites (tertiary alicyclic amines) is 1. The Morgan fingerprint density at radius 2 is 1.58 bits per heavy atom. The lowest BCUT2D eigenvalue weighted by atomic mass is 9.91. The van der Waals surface area contributed by atoms with Crippen molar-refractivity contribution in [2.45, 2.75) is 20.3 Å². The van der Waals surface area contributed by atoms with E-state index in [9.17, 15) is 14.0 Å². The van der Waals surface area contributed by atoms with E-state index in [-0.39, 0.29) is 17.6 Å². The first-order chi connectivity index (χ1) is 14.8. The third kappa shape index (κ3) is 3.94. The van der Waals surface area contributed by atoms with Crippen molar-refractivity contribution >= 4 is 28.8 Å². The van der Waals surface area contributed by atoms with E-state index in [1.54, 1.807) is 18.2 Å². The second-order valence-corrected chi connectivity index (χ2v) is 8.94. The molecule has 2 aromatic rings. The highest BCUT2D eigenvalue weighted by Crippen LogP contribution is 2.38. The molecule has 0 aromatic heterocycles. The fraction of sp³-hybridized carbons (Fsp3) is 0.360. The third-order valence-electron chi connectivity index (χ3n) is 5.98. The van der Waals surface area contributed by atoms with Gasteiger partial charge in [0.2, 0.25) is 0 Å². The van der Waals surface area contributed by atoms with Crippen LogP contribution in [0.2, 0.25) is 0 Å². The van der Waals surface area contributed by atoms with Gasteiger partial charge >= 0.3 is 0 Å². The second-order valence-electron chi connectivity index (χ2n) is 8.94. The van der Waals surface area contributed by atoms with Gasteiger partial charge in [-0.15, -0.1) is 0 Å². The second kappa shape index (κ2) is 8.17. The zero-order chi connectivity index (χ0) is 22.3. The van der Waals surface area contributed by atoms with Crippen LogP contribution in [0.3, 0.4) is 0 Å². The van der Waals surface area contributed by atoms with Crippen LogP contribution in [-0.2, 0) is 9.59 Å².